The SMILES string of the molecule is Cc1sc(NC(=O)[C@@H](C)Oc2ccc(Cl)cc2Cl)c(C#N)c1C. The van der Waals surface area contributed by atoms with E-state index in [0.29, 0.717) is 26.4 Å². The van der Waals surface area contributed by atoms with Gasteiger partial charge in [0.25, 0.3) is 5.91 Å². The van der Waals surface area contributed by atoms with Crippen molar-refractivity contribution in [2.24, 2.45) is 0 Å². The molecule has 0 fully saturated rings. The summed E-state index contributed by atoms with van der Waals surface area (Å²) in [6, 6.07) is 6.90. The van der Waals surface area contributed by atoms with E-state index in [-0.39, 0.29) is 5.91 Å². The first kappa shape index (κ1) is 17.6. The molecule has 120 valence electrons. The molecule has 1 aromatic carbocycles. The summed E-state index contributed by atoms with van der Waals surface area (Å²) in [7, 11) is 0. The zero-order valence-electron chi connectivity index (χ0n) is 12.7. The number of amides is 1. The number of nitrogens with zero attached hydrogens (tertiary/aromatic N) is 1. The molecule has 0 aliphatic heterocycles. The Morgan fingerprint density at radius 2 is 2.09 bits per heavy atom. The fourth-order valence-corrected chi connectivity index (χ4v) is 3.34. The summed E-state index contributed by atoms with van der Waals surface area (Å²) in [5.41, 5.74) is 1.36. The third-order valence-electron chi connectivity index (χ3n) is 3.30. The summed E-state index contributed by atoms with van der Waals surface area (Å²) in [5.74, 6) is 0.0199. The van der Waals surface area contributed by atoms with E-state index in [2.05, 4.69) is 11.4 Å². The van der Waals surface area contributed by atoms with Gasteiger partial charge >= 0.3 is 0 Å². The predicted octanol–water partition coefficient (Wildman–Crippen LogP) is 4.95. The maximum absolute atomic E-state index is 12.3. The van der Waals surface area contributed by atoms with Gasteiger partial charge in [-0.3, -0.25) is 4.79 Å². The number of thiophene rings is 1. The van der Waals surface area contributed by atoms with E-state index in [9.17, 15) is 10.1 Å². The molecule has 0 bridgehead atoms. The normalized spacial score (nSPS) is 11.7. The van der Waals surface area contributed by atoms with Gasteiger partial charge < -0.3 is 10.1 Å². The predicted molar refractivity (Wildman–Crippen MR) is 93.7 cm³/mol. The quantitative estimate of drug-likeness (QED) is 0.830. The van der Waals surface area contributed by atoms with Crippen LogP contribution in [-0.2, 0) is 4.79 Å². The van der Waals surface area contributed by atoms with Crippen LogP contribution in [0.3, 0.4) is 0 Å². The Kier molecular flexibility index (Phi) is 5.53. The maximum Gasteiger partial charge on any atom is 0.265 e. The van der Waals surface area contributed by atoms with E-state index < -0.39 is 6.10 Å². The fraction of sp³-hybridized carbons (Fsp3) is 0.250. The number of benzene rings is 1. The second kappa shape index (κ2) is 7.22. The minimum Gasteiger partial charge on any atom is -0.479 e. The number of rotatable bonds is 4. The Morgan fingerprint density at radius 3 is 2.70 bits per heavy atom. The Balaban J connectivity index is 2.12. The van der Waals surface area contributed by atoms with Crippen LogP contribution in [0.15, 0.2) is 18.2 Å². The number of hydrogen-bond donors (Lipinski definition) is 1. The smallest absolute Gasteiger partial charge is 0.265 e. The molecule has 23 heavy (non-hydrogen) atoms. The standard InChI is InChI=1S/C16H14Cl2N2O2S/c1-8-10(3)23-16(12(8)7-19)20-15(21)9(2)22-14-5-4-11(17)6-13(14)18/h4-6,9H,1-3H3,(H,20,21)/t9-/m1/s1. The molecule has 0 aliphatic carbocycles. The fourth-order valence-electron chi connectivity index (χ4n) is 1.88. The van der Waals surface area contributed by atoms with Crippen molar-refractivity contribution >= 4 is 45.4 Å². The Morgan fingerprint density at radius 1 is 1.39 bits per heavy atom. The molecule has 0 spiro atoms. The van der Waals surface area contributed by atoms with Crippen molar-refractivity contribution in [3.63, 3.8) is 0 Å². The lowest BCUT2D eigenvalue weighted by Crippen LogP contribution is -2.30. The van der Waals surface area contributed by atoms with Crippen LogP contribution in [0.1, 0.15) is 22.9 Å². The zero-order chi connectivity index (χ0) is 17.1. The number of hydrogen-bond acceptors (Lipinski definition) is 4. The van der Waals surface area contributed by atoms with Crippen molar-refractivity contribution in [3.8, 4) is 11.8 Å². The van der Waals surface area contributed by atoms with Crippen molar-refractivity contribution < 1.29 is 9.53 Å². The van der Waals surface area contributed by atoms with E-state index in [0.717, 1.165) is 10.4 Å². The number of nitriles is 1. The molecule has 0 radical (unpaired) electrons. The molecule has 2 rings (SSSR count). The number of carbonyl (C=O) groups is 1. The van der Waals surface area contributed by atoms with Crippen LogP contribution in [0.2, 0.25) is 10.0 Å². The highest BCUT2D eigenvalue weighted by Gasteiger charge is 2.20. The molecule has 0 unspecified atom stereocenters. The minimum absolute atomic E-state index is 0.331. The van der Waals surface area contributed by atoms with E-state index >= 15 is 0 Å². The molecule has 1 N–H and O–H groups in total. The first-order valence-electron chi connectivity index (χ1n) is 6.76. The van der Waals surface area contributed by atoms with Gasteiger partial charge in [0, 0.05) is 9.90 Å². The van der Waals surface area contributed by atoms with Gasteiger partial charge in [0.15, 0.2) is 6.10 Å². The van der Waals surface area contributed by atoms with Gasteiger partial charge in [-0.25, -0.2) is 0 Å². The molecule has 1 amide bonds. The Labute approximate surface area is 148 Å². The monoisotopic (exact) mass is 368 g/mol. The molecular weight excluding hydrogens is 355 g/mol. The number of anilines is 1. The van der Waals surface area contributed by atoms with E-state index in [1.54, 1.807) is 25.1 Å². The summed E-state index contributed by atoms with van der Waals surface area (Å²) >= 11 is 13.2. The number of aryl methyl sites for hydroxylation is 1. The van der Waals surface area contributed by atoms with E-state index in [1.807, 2.05) is 13.8 Å². The number of carbonyl (C=O) groups excluding carboxylic acids is 1. The van der Waals surface area contributed by atoms with Crippen LogP contribution in [0.25, 0.3) is 0 Å². The largest absolute Gasteiger partial charge is 0.479 e. The summed E-state index contributed by atoms with van der Waals surface area (Å²) < 4.78 is 5.56. The summed E-state index contributed by atoms with van der Waals surface area (Å²) in [4.78, 5) is 13.3. The van der Waals surface area contributed by atoms with E-state index in [1.165, 1.54) is 11.3 Å². The number of nitrogens with one attached hydrogen (secondary N) is 1. The van der Waals surface area contributed by atoms with Crippen LogP contribution in [0.4, 0.5) is 5.00 Å². The topological polar surface area (TPSA) is 62.1 Å². The Hall–Kier alpha value is -1.74. The molecule has 0 saturated heterocycles. The highest BCUT2D eigenvalue weighted by molar-refractivity contribution is 7.16. The van der Waals surface area contributed by atoms with Crippen LogP contribution in [0.5, 0.6) is 5.75 Å². The summed E-state index contributed by atoms with van der Waals surface area (Å²) in [6.45, 7) is 5.37. The Bertz CT molecular complexity index is 796. The second-order valence-corrected chi connectivity index (χ2v) is 6.99. The maximum atomic E-state index is 12.3. The highest BCUT2D eigenvalue weighted by atomic mass is 35.5. The lowest BCUT2D eigenvalue weighted by molar-refractivity contribution is -0.122. The van der Waals surface area contributed by atoms with Gasteiger partial charge in [0.2, 0.25) is 0 Å². The average molecular weight is 369 g/mol. The van der Waals surface area contributed by atoms with Crippen LogP contribution in [0, 0.1) is 25.2 Å². The molecular formula is C16H14Cl2N2O2S. The third kappa shape index (κ3) is 3.97. The first-order chi connectivity index (χ1) is 10.8. The first-order valence-corrected chi connectivity index (χ1v) is 8.33. The molecule has 0 aliphatic rings. The molecule has 7 heteroatoms. The summed E-state index contributed by atoms with van der Waals surface area (Å²) in [6.07, 6.45) is -0.775. The van der Waals surface area contributed by atoms with E-state index in [4.69, 9.17) is 27.9 Å². The van der Waals surface area contributed by atoms with Crippen molar-refractivity contribution in [1.29, 1.82) is 5.26 Å². The van der Waals surface area contributed by atoms with Gasteiger partial charge in [-0.05, 0) is 44.5 Å². The minimum atomic E-state index is -0.775. The lowest BCUT2D eigenvalue weighted by atomic mass is 10.2. The molecule has 2 aromatic rings. The van der Waals surface area contributed by atoms with Gasteiger partial charge in [-0.1, -0.05) is 23.2 Å². The van der Waals surface area contributed by atoms with Crippen molar-refractivity contribution in [3.05, 3.63) is 44.2 Å². The average Bonchev–Trinajstić information content (AvgIpc) is 2.76. The molecule has 4 nitrogen and oxygen atoms in total. The number of ether oxygens (including phenoxy) is 1. The van der Waals surface area contributed by atoms with Crippen LogP contribution < -0.4 is 10.1 Å². The molecule has 1 atom stereocenters. The van der Waals surface area contributed by atoms with Crippen molar-refractivity contribution in [1.82, 2.24) is 0 Å². The van der Waals surface area contributed by atoms with Crippen molar-refractivity contribution in [2.75, 3.05) is 5.32 Å². The van der Waals surface area contributed by atoms with Crippen molar-refractivity contribution in [2.45, 2.75) is 26.9 Å². The van der Waals surface area contributed by atoms with Gasteiger partial charge in [0.1, 0.15) is 16.8 Å². The summed E-state index contributed by atoms with van der Waals surface area (Å²) in [5, 5.41) is 13.3. The van der Waals surface area contributed by atoms with Crippen LogP contribution in [-0.4, -0.2) is 12.0 Å². The van der Waals surface area contributed by atoms with Crippen LogP contribution >= 0.6 is 34.5 Å². The molecule has 1 heterocycles. The van der Waals surface area contributed by atoms with Gasteiger partial charge in [-0.15, -0.1) is 11.3 Å². The number of halogens is 2. The second-order valence-electron chi connectivity index (χ2n) is 4.92. The molecule has 1 aromatic heterocycles. The third-order valence-corrected chi connectivity index (χ3v) is 4.95. The van der Waals surface area contributed by atoms with Gasteiger partial charge in [0.05, 0.1) is 10.6 Å². The van der Waals surface area contributed by atoms with Gasteiger partial charge in [-0.2, -0.15) is 5.26 Å². The lowest BCUT2D eigenvalue weighted by Gasteiger charge is -2.15. The molecule has 0 saturated carbocycles. The zero-order valence-corrected chi connectivity index (χ0v) is 15.1. The highest BCUT2D eigenvalue weighted by Crippen LogP contribution is 2.32.